The Balaban J connectivity index is 1.37. The van der Waals surface area contributed by atoms with Crippen LogP contribution >= 0.6 is 11.6 Å². The predicted molar refractivity (Wildman–Crippen MR) is 151 cm³/mol. The van der Waals surface area contributed by atoms with E-state index < -0.39 is 10.0 Å². The van der Waals surface area contributed by atoms with E-state index in [1.54, 1.807) is 60.7 Å². The van der Waals surface area contributed by atoms with Gasteiger partial charge in [-0.2, -0.15) is 0 Å². The van der Waals surface area contributed by atoms with Gasteiger partial charge in [0.2, 0.25) is 0 Å². The van der Waals surface area contributed by atoms with Crippen molar-refractivity contribution >= 4 is 33.2 Å². The first-order valence-corrected chi connectivity index (χ1v) is 15.3. The number of aryl methyl sites for hydroxylation is 1. The van der Waals surface area contributed by atoms with Crippen molar-refractivity contribution < 1.29 is 13.2 Å². The highest BCUT2D eigenvalue weighted by molar-refractivity contribution is 7.92. The molecule has 3 aromatic rings. The molecule has 1 N–H and O–H groups in total. The monoisotopic (exact) mass is 548 g/mol. The summed E-state index contributed by atoms with van der Waals surface area (Å²) in [6, 6.07) is 21.0. The third kappa shape index (κ3) is 4.85. The van der Waals surface area contributed by atoms with E-state index in [9.17, 15) is 13.2 Å². The van der Waals surface area contributed by atoms with Crippen LogP contribution in [0.3, 0.4) is 0 Å². The molecule has 4 bridgehead atoms. The van der Waals surface area contributed by atoms with E-state index in [0.717, 1.165) is 30.4 Å². The number of hydrogen-bond acceptors (Lipinski definition) is 3. The minimum atomic E-state index is -3.97. The Kier molecular flexibility index (Phi) is 6.51. The average molecular weight is 549 g/mol. The van der Waals surface area contributed by atoms with Crippen molar-refractivity contribution in [2.24, 2.45) is 17.8 Å². The summed E-state index contributed by atoms with van der Waals surface area (Å²) in [5.41, 5.74) is 2.35. The Bertz CT molecular complexity index is 1420. The van der Waals surface area contributed by atoms with Crippen molar-refractivity contribution in [1.82, 2.24) is 5.32 Å². The molecule has 0 atom stereocenters. The molecular weight excluding hydrogens is 516 g/mol. The van der Waals surface area contributed by atoms with Crippen LogP contribution in [0.5, 0.6) is 0 Å². The molecule has 0 spiro atoms. The topological polar surface area (TPSA) is 66.5 Å². The van der Waals surface area contributed by atoms with Gasteiger partial charge in [-0.05, 0) is 105 Å². The zero-order chi connectivity index (χ0) is 26.5. The van der Waals surface area contributed by atoms with Gasteiger partial charge in [-0.25, -0.2) is 8.42 Å². The molecule has 0 aromatic heterocycles. The summed E-state index contributed by atoms with van der Waals surface area (Å²) in [6.07, 6.45) is 6.95. The quantitative estimate of drug-likeness (QED) is 0.355. The number of nitrogens with one attached hydrogen (secondary N) is 1. The zero-order valence-corrected chi connectivity index (χ0v) is 23.1. The number of rotatable bonds is 7. The van der Waals surface area contributed by atoms with Gasteiger partial charge in [-0.15, -0.1) is 0 Å². The lowest BCUT2D eigenvalue weighted by Gasteiger charge is -2.56. The number of carbonyl (C=O) groups excluding carboxylic acids is 1. The van der Waals surface area contributed by atoms with Crippen LogP contribution in [0.4, 0.5) is 5.69 Å². The fraction of sp³-hybridized carbons (Fsp3) is 0.387. The number of nitrogens with zero attached hydrogens (tertiary/aromatic N) is 1. The first kappa shape index (κ1) is 25.4. The molecule has 0 heterocycles. The van der Waals surface area contributed by atoms with Crippen LogP contribution in [0.25, 0.3) is 0 Å². The van der Waals surface area contributed by atoms with Crippen molar-refractivity contribution in [3.05, 3.63) is 94.5 Å². The Morgan fingerprint density at radius 2 is 1.47 bits per heavy atom. The summed E-state index contributed by atoms with van der Waals surface area (Å²) in [7, 11) is -3.97. The molecule has 4 aliphatic rings. The van der Waals surface area contributed by atoms with Crippen LogP contribution in [-0.2, 0) is 16.6 Å². The van der Waals surface area contributed by atoms with Gasteiger partial charge in [0.25, 0.3) is 15.9 Å². The Hall–Kier alpha value is -2.83. The van der Waals surface area contributed by atoms with Crippen molar-refractivity contribution in [2.45, 2.75) is 62.4 Å². The molecule has 7 heteroatoms. The zero-order valence-electron chi connectivity index (χ0n) is 21.6. The Morgan fingerprint density at radius 1 is 0.895 bits per heavy atom. The maximum absolute atomic E-state index is 14.1. The van der Waals surface area contributed by atoms with Crippen LogP contribution in [0.2, 0.25) is 5.02 Å². The van der Waals surface area contributed by atoms with E-state index in [1.807, 2.05) is 19.1 Å². The molecule has 1 amide bonds. The smallest absolute Gasteiger partial charge is 0.264 e. The minimum Gasteiger partial charge on any atom is -0.347 e. The molecule has 3 aromatic carbocycles. The Morgan fingerprint density at radius 3 is 2.08 bits per heavy atom. The Labute approximate surface area is 230 Å². The average Bonchev–Trinajstić information content (AvgIpc) is 2.87. The molecule has 198 valence electrons. The summed E-state index contributed by atoms with van der Waals surface area (Å²) in [6.45, 7) is 2.00. The summed E-state index contributed by atoms with van der Waals surface area (Å²) >= 11 is 6.10. The summed E-state index contributed by atoms with van der Waals surface area (Å²) in [5, 5.41) is 4.01. The number of sulfonamides is 1. The molecule has 4 fully saturated rings. The number of carbonyl (C=O) groups is 1. The largest absolute Gasteiger partial charge is 0.347 e. The summed E-state index contributed by atoms with van der Waals surface area (Å²) in [5.74, 6) is 1.89. The fourth-order valence-electron chi connectivity index (χ4n) is 7.35. The van der Waals surface area contributed by atoms with E-state index >= 15 is 0 Å². The van der Waals surface area contributed by atoms with Crippen LogP contribution in [0, 0.1) is 24.7 Å². The van der Waals surface area contributed by atoms with E-state index in [4.69, 9.17) is 11.6 Å². The number of halogens is 1. The fourth-order valence-corrected chi connectivity index (χ4v) is 8.95. The van der Waals surface area contributed by atoms with Crippen molar-refractivity contribution in [3.63, 3.8) is 0 Å². The van der Waals surface area contributed by atoms with Gasteiger partial charge in [-0.3, -0.25) is 9.10 Å². The summed E-state index contributed by atoms with van der Waals surface area (Å²) in [4.78, 5) is 14.1. The molecule has 0 saturated heterocycles. The number of hydrogen-bond donors (Lipinski definition) is 1. The van der Waals surface area contributed by atoms with Crippen LogP contribution in [-0.4, -0.2) is 19.9 Å². The second-order valence-electron chi connectivity index (χ2n) is 11.6. The van der Waals surface area contributed by atoms with Crippen molar-refractivity contribution in [2.75, 3.05) is 4.31 Å². The molecule has 38 heavy (non-hydrogen) atoms. The molecule has 4 aliphatic carbocycles. The number of benzene rings is 3. The number of amides is 1. The van der Waals surface area contributed by atoms with Gasteiger partial charge in [0, 0.05) is 10.6 Å². The molecule has 0 unspecified atom stereocenters. The van der Waals surface area contributed by atoms with Crippen LogP contribution < -0.4 is 9.62 Å². The molecule has 0 aliphatic heterocycles. The first-order chi connectivity index (χ1) is 18.2. The van der Waals surface area contributed by atoms with Crippen molar-refractivity contribution in [1.29, 1.82) is 0 Å². The van der Waals surface area contributed by atoms with E-state index in [1.165, 1.54) is 23.6 Å². The lowest BCUT2D eigenvalue weighted by molar-refractivity contribution is -0.0166. The van der Waals surface area contributed by atoms with Gasteiger partial charge in [0.15, 0.2) is 0 Å². The second-order valence-corrected chi connectivity index (χ2v) is 13.9. The predicted octanol–water partition coefficient (Wildman–Crippen LogP) is 6.74. The van der Waals surface area contributed by atoms with Crippen LogP contribution in [0.15, 0.2) is 77.7 Å². The summed E-state index contributed by atoms with van der Waals surface area (Å²) < 4.78 is 29.5. The maximum Gasteiger partial charge on any atom is 0.264 e. The van der Waals surface area contributed by atoms with E-state index in [-0.39, 0.29) is 22.9 Å². The second kappa shape index (κ2) is 9.73. The van der Waals surface area contributed by atoms with E-state index in [0.29, 0.717) is 34.0 Å². The molecule has 5 nitrogen and oxygen atoms in total. The van der Waals surface area contributed by atoms with Gasteiger partial charge in [0.1, 0.15) is 0 Å². The van der Waals surface area contributed by atoms with Crippen molar-refractivity contribution in [3.8, 4) is 0 Å². The molecule has 0 radical (unpaired) electrons. The highest BCUT2D eigenvalue weighted by atomic mass is 35.5. The lowest BCUT2D eigenvalue weighted by atomic mass is 9.53. The third-order valence-corrected chi connectivity index (χ3v) is 10.7. The number of anilines is 1. The molecular formula is C31H33ClN2O3S. The first-order valence-electron chi connectivity index (χ1n) is 13.5. The van der Waals surface area contributed by atoms with Gasteiger partial charge < -0.3 is 5.32 Å². The normalized spacial score (nSPS) is 25.8. The molecule has 7 rings (SSSR count). The molecule has 4 saturated carbocycles. The SMILES string of the molecule is Cc1ccc(S(=O)(=O)N(Cc2ccc(Cl)cc2)c2ccccc2C(=O)NC23CC4CC(CC(C4)C2)C3)cc1. The van der Waals surface area contributed by atoms with E-state index in [2.05, 4.69) is 5.32 Å². The minimum absolute atomic E-state index is 0.0784. The number of para-hydroxylation sites is 1. The van der Waals surface area contributed by atoms with Gasteiger partial charge >= 0.3 is 0 Å². The lowest BCUT2D eigenvalue weighted by Crippen LogP contribution is -2.59. The highest BCUT2D eigenvalue weighted by Gasteiger charge is 2.51. The van der Waals surface area contributed by atoms with Gasteiger partial charge in [0.05, 0.1) is 22.7 Å². The maximum atomic E-state index is 14.1. The van der Waals surface area contributed by atoms with Gasteiger partial charge in [-0.1, -0.05) is 53.6 Å². The standard InChI is InChI=1S/C31H33ClN2O3S/c1-21-6-12-27(13-7-21)38(36,37)34(20-22-8-10-26(32)11-9-22)29-5-3-2-4-28(29)30(35)33-31-17-23-14-24(18-31)16-25(15-23)19-31/h2-13,23-25H,14-20H2,1H3,(H,33,35). The highest BCUT2D eigenvalue weighted by Crippen LogP contribution is 2.55. The van der Waals surface area contributed by atoms with Crippen LogP contribution in [0.1, 0.15) is 60.0 Å². The third-order valence-electron chi connectivity index (χ3n) is 8.68.